The number of anilines is 1. The van der Waals surface area contributed by atoms with Gasteiger partial charge in [0.05, 0.1) is 0 Å². The van der Waals surface area contributed by atoms with Gasteiger partial charge in [0.25, 0.3) is 0 Å². The van der Waals surface area contributed by atoms with Crippen LogP contribution in [0.2, 0.25) is 0 Å². The van der Waals surface area contributed by atoms with Crippen molar-refractivity contribution in [1.29, 1.82) is 0 Å². The Kier molecular flexibility index (Phi) is 6.58. The molecule has 0 radical (unpaired) electrons. The van der Waals surface area contributed by atoms with Crippen LogP contribution in [0.1, 0.15) is 25.8 Å². The average molecular weight is 370 g/mol. The zero-order valence-electron chi connectivity index (χ0n) is 16.2. The molecular formula is C21H26N2O4. The molecule has 27 heavy (non-hydrogen) atoms. The first-order chi connectivity index (χ1) is 12.8. The van der Waals surface area contributed by atoms with E-state index in [1.807, 2.05) is 32.0 Å². The fourth-order valence-electron chi connectivity index (χ4n) is 2.99. The summed E-state index contributed by atoms with van der Waals surface area (Å²) in [5.74, 6) is -0.0127. The Morgan fingerprint density at radius 2 is 1.74 bits per heavy atom. The van der Waals surface area contributed by atoms with Gasteiger partial charge in [-0.05, 0) is 56.4 Å². The molecule has 2 aromatic carbocycles. The number of phenolic OH excluding ortho intramolecular Hbond substituents is 1. The number of hydrogen-bond acceptors (Lipinski definition) is 5. The minimum absolute atomic E-state index is 0.157. The van der Waals surface area contributed by atoms with E-state index in [0.29, 0.717) is 29.8 Å². The lowest BCUT2D eigenvalue weighted by atomic mass is 9.86. The van der Waals surface area contributed by atoms with Crippen molar-refractivity contribution >= 4 is 17.6 Å². The molecular weight excluding hydrogens is 344 g/mol. The molecule has 0 aliphatic rings. The van der Waals surface area contributed by atoms with Gasteiger partial charge in [-0.15, -0.1) is 0 Å². The number of ether oxygens (including phenoxy) is 1. The summed E-state index contributed by atoms with van der Waals surface area (Å²) in [6.07, 6.45) is 0.836. The van der Waals surface area contributed by atoms with E-state index in [1.54, 1.807) is 42.5 Å². The fraction of sp³-hybridized carbons (Fsp3) is 0.333. The number of benzene rings is 2. The topological polar surface area (TPSA) is 78.9 Å². The standard InChI is InChI=1S/C21H26N2O4/c1-5-21(23(3)4,14-16-8-6-7-9-19(16)25)20(26)27-18-12-10-17(11-13-18)22-15(2)24/h6-13,25H,5,14H2,1-4H3,(H,22,24). The number of hydrogen-bond donors (Lipinski definition) is 2. The van der Waals surface area contributed by atoms with Gasteiger partial charge >= 0.3 is 5.97 Å². The Labute approximate surface area is 159 Å². The zero-order valence-corrected chi connectivity index (χ0v) is 16.2. The van der Waals surface area contributed by atoms with Gasteiger partial charge in [-0.3, -0.25) is 9.69 Å². The van der Waals surface area contributed by atoms with Gasteiger partial charge < -0.3 is 15.2 Å². The summed E-state index contributed by atoms with van der Waals surface area (Å²) in [5, 5.41) is 12.8. The lowest BCUT2D eigenvalue weighted by Crippen LogP contribution is -2.54. The number of aromatic hydroxyl groups is 1. The molecule has 2 rings (SSSR count). The number of carbonyl (C=O) groups is 2. The van der Waals surface area contributed by atoms with Crippen LogP contribution in [0.3, 0.4) is 0 Å². The summed E-state index contributed by atoms with van der Waals surface area (Å²) >= 11 is 0. The number of nitrogens with one attached hydrogen (secondary N) is 1. The molecule has 1 atom stereocenters. The minimum Gasteiger partial charge on any atom is -0.508 e. The van der Waals surface area contributed by atoms with Crippen molar-refractivity contribution in [3.63, 3.8) is 0 Å². The van der Waals surface area contributed by atoms with Crippen molar-refractivity contribution in [3.05, 3.63) is 54.1 Å². The smallest absolute Gasteiger partial charge is 0.332 e. The maximum absolute atomic E-state index is 13.1. The number of para-hydroxylation sites is 1. The van der Waals surface area contributed by atoms with Gasteiger partial charge in [0.2, 0.25) is 5.91 Å². The third-order valence-corrected chi connectivity index (χ3v) is 4.68. The summed E-state index contributed by atoms with van der Waals surface area (Å²) in [5.41, 5.74) is 0.395. The van der Waals surface area contributed by atoms with Crippen molar-refractivity contribution in [2.75, 3.05) is 19.4 Å². The van der Waals surface area contributed by atoms with Crippen LogP contribution in [0.4, 0.5) is 5.69 Å². The van der Waals surface area contributed by atoms with Crippen molar-refractivity contribution in [2.45, 2.75) is 32.2 Å². The van der Waals surface area contributed by atoms with E-state index in [-0.39, 0.29) is 11.7 Å². The number of nitrogens with zero attached hydrogens (tertiary/aromatic N) is 1. The quantitative estimate of drug-likeness (QED) is 0.578. The molecule has 2 N–H and O–H groups in total. The monoisotopic (exact) mass is 370 g/mol. The third-order valence-electron chi connectivity index (χ3n) is 4.68. The first-order valence-corrected chi connectivity index (χ1v) is 8.82. The Morgan fingerprint density at radius 1 is 1.11 bits per heavy atom. The molecule has 0 heterocycles. The molecule has 0 spiro atoms. The number of likely N-dealkylation sites (N-methyl/N-ethyl adjacent to an activating group) is 1. The Bertz CT molecular complexity index is 802. The molecule has 0 bridgehead atoms. The van der Waals surface area contributed by atoms with Crippen LogP contribution >= 0.6 is 0 Å². The lowest BCUT2D eigenvalue weighted by Gasteiger charge is -2.37. The lowest BCUT2D eigenvalue weighted by molar-refractivity contribution is -0.147. The van der Waals surface area contributed by atoms with Gasteiger partial charge in [0.1, 0.15) is 17.0 Å². The minimum atomic E-state index is -0.921. The number of carbonyl (C=O) groups excluding carboxylic acids is 2. The van der Waals surface area contributed by atoms with Crippen LogP contribution in [-0.2, 0) is 16.0 Å². The van der Waals surface area contributed by atoms with Crippen LogP contribution < -0.4 is 10.1 Å². The van der Waals surface area contributed by atoms with Gasteiger partial charge in [0.15, 0.2) is 0 Å². The molecule has 0 aliphatic carbocycles. The Morgan fingerprint density at radius 3 is 2.26 bits per heavy atom. The zero-order chi connectivity index (χ0) is 20.0. The van der Waals surface area contributed by atoms with E-state index in [4.69, 9.17) is 4.74 Å². The normalized spacial score (nSPS) is 13.1. The van der Waals surface area contributed by atoms with Crippen molar-refractivity contribution in [2.24, 2.45) is 0 Å². The number of rotatable bonds is 7. The van der Waals surface area contributed by atoms with E-state index >= 15 is 0 Å². The predicted octanol–water partition coefficient (Wildman–Crippen LogP) is 3.21. The fourth-order valence-corrected chi connectivity index (χ4v) is 2.99. The summed E-state index contributed by atoms with van der Waals surface area (Å²) < 4.78 is 5.63. The summed E-state index contributed by atoms with van der Waals surface area (Å²) in [4.78, 5) is 26.0. The second-order valence-electron chi connectivity index (χ2n) is 6.68. The Balaban J connectivity index is 2.24. The van der Waals surface area contributed by atoms with Crippen LogP contribution in [0, 0.1) is 0 Å². The molecule has 0 fully saturated rings. The molecule has 1 amide bonds. The van der Waals surface area contributed by atoms with E-state index in [0.717, 1.165) is 0 Å². The second-order valence-corrected chi connectivity index (χ2v) is 6.68. The number of amides is 1. The van der Waals surface area contributed by atoms with E-state index in [2.05, 4.69) is 5.32 Å². The summed E-state index contributed by atoms with van der Waals surface area (Å²) in [6.45, 7) is 3.35. The molecule has 6 heteroatoms. The first kappa shape index (κ1) is 20.5. The van der Waals surface area contributed by atoms with Crippen molar-refractivity contribution < 1.29 is 19.4 Å². The van der Waals surface area contributed by atoms with Crippen LogP contribution in [0.15, 0.2) is 48.5 Å². The van der Waals surface area contributed by atoms with E-state index in [1.165, 1.54) is 6.92 Å². The van der Waals surface area contributed by atoms with E-state index < -0.39 is 11.5 Å². The maximum Gasteiger partial charge on any atom is 0.332 e. The molecule has 144 valence electrons. The highest BCUT2D eigenvalue weighted by molar-refractivity contribution is 5.89. The van der Waals surface area contributed by atoms with Crippen molar-refractivity contribution in [1.82, 2.24) is 4.90 Å². The molecule has 0 aliphatic heterocycles. The molecule has 6 nitrogen and oxygen atoms in total. The van der Waals surface area contributed by atoms with Gasteiger partial charge in [0, 0.05) is 19.0 Å². The SMILES string of the molecule is CCC(Cc1ccccc1O)(C(=O)Oc1ccc(NC(C)=O)cc1)N(C)C. The van der Waals surface area contributed by atoms with Crippen molar-refractivity contribution in [3.8, 4) is 11.5 Å². The molecule has 2 aromatic rings. The third kappa shape index (κ3) is 4.86. The predicted molar refractivity (Wildman–Crippen MR) is 105 cm³/mol. The molecule has 0 saturated carbocycles. The second kappa shape index (κ2) is 8.68. The highest BCUT2D eigenvalue weighted by atomic mass is 16.5. The highest BCUT2D eigenvalue weighted by Crippen LogP contribution is 2.29. The number of esters is 1. The Hall–Kier alpha value is -2.86. The molecule has 1 unspecified atom stereocenters. The van der Waals surface area contributed by atoms with Crippen LogP contribution in [-0.4, -0.2) is 41.5 Å². The molecule has 0 saturated heterocycles. The summed E-state index contributed by atoms with van der Waals surface area (Å²) in [6, 6.07) is 13.6. The van der Waals surface area contributed by atoms with Gasteiger partial charge in [-0.2, -0.15) is 0 Å². The largest absolute Gasteiger partial charge is 0.508 e. The number of phenols is 1. The van der Waals surface area contributed by atoms with Gasteiger partial charge in [-0.1, -0.05) is 25.1 Å². The average Bonchev–Trinajstić information content (AvgIpc) is 2.62. The van der Waals surface area contributed by atoms with Crippen LogP contribution in [0.5, 0.6) is 11.5 Å². The van der Waals surface area contributed by atoms with E-state index in [9.17, 15) is 14.7 Å². The highest BCUT2D eigenvalue weighted by Gasteiger charge is 2.41. The van der Waals surface area contributed by atoms with Gasteiger partial charge in [-0.25, -0.2) is 4.79 Å². The molecule has 0 aromatic heterocycles. The summed E-state index contributed by atoms with van der Waals surface area (Å²) in [7, 11) is 3.65. The van der Waals surface area contributed by atoms with Crippen LogP contribution in [0.25, 0.3) is 0 Å². The maximum atomic E-state index is 13.1. The first-order valence-electron chi connectivity index (χ1n) is 8.82.